The summed E-state index contributed by atoms with van der Waals surface area (Å²) in [5.74, 6) is 0.964. The predicted octanol–water partition coefficient (Wildman–Crippen LogP) is 3.78. The number of benzene rings is 3. The Morgan fingerprint density at radius 1 is 0.710 bits per heavy atom. The number of ether oxygens (including phenoxy) is 1. The van der Waals surface area contributed by atoms with Crippen molar-refractivity contribution >= 4 is 19.4 Å². The van der Waals surface area contributed by atoms with E-state index in [2.05, 4.69) is 0 Å². The molecule has 10 heteroatoms. The second kappa shape index (κ2) is 9.91. The molecule has 0 radical (unpaired) electrons. The predicted molar refractivity (Wildman–Crippen MR) is 103 cm³/mol. The van der Waals surface area contributed by atoms with E-state index in [9.17, 15) is 31.1 Å². The molecule has 0 bridgehead atoms. The maximum atomic E-state index is 13.2. The molecule has 0 saturated carbocycles. The van der Waals surface area contributed by atoms with Gasteiger partial charge in [0, 0.05) is 5.56 Å². The first-order chi connectivity index (χ1) is 14.1. The minimum absolute atomic E-state index is 0. The van der Waals surface area contributed by atoms with Gasteiger partial charge in [-0.25, -0.2) is 0 Å². The van der Waals surface area contributed by atoms with Gasteiger partial charge < -0.3 is 6.16 Å². The molecule has 3 rings (SSSR count). The van der Waals surface area contributed by atoms with Gasteiger partial charge in [-0.1, -0.05) is 36.4 Å². The van der Waals surface area contributed by atoms with Crippen LogP contribution in [0, 0.1) is 0 Å². The van der Waals surface area contributed by atoms with Crippen molar-refractivity contribution in [1.82, 2.24) is 0 Å². The average Bonchev–Trinajstić information content (AvgIpc) is 2.68. The van der Waals surface area contributed by atoms with Gasteiger partial charge in [-0.2, -0.15) is 26.3 Å². The van der Waals surface area contributed by atoms with Gasteiger partial charge in [0.1, 0.15) is 11.5 Å². The molecule has 0 aliphatic rings. The average molecular weight is 450 g/mol. The first-order valence-corrected chi connectivity index (χ1v) is 9.47. The second-order valence-corrected chi connectivity index (χ2v) is 7.40. The topological polar surface area (TPSA) is 26.3 Å². The van der Waals surface area contributed by atoms with E-state index in [4.69, 9.17) is 4.74 Å². The van der Waals surface area contributed by atoms with Gasteiger partial charge >= 0.3 is 31.2 Å². The first-order valence-electron chi connectivity index (χ1n) is 8.47. The smallest absolute Gasteiger partial charge is 1.00 e. The van der Waals surface area contributed by atoms with Crippen molar-refractivity contribution < 1.29 is 56.2 Å². The molecule has 0 aliphatic carbocycles. The molecule has 0 fully saturated rings. The molecule has 31 heavy (non-hydrogen) atoms. The van der Waals surface area contributed by atoms with E-state index in [1.807, 2.05) is 0 Å². The summed E-state index contributed by atoms with van der Waals surface area (Å²) >= 11 is 0. The van der Waals surface area contributed by atoms with Crippen molar-refractivity contribution in [2.24, 2.45) is 0 Å². The minimum Gasteiger partial charge on any atom is -1.00 e. The number of halogens is 6. The number of carbonyl (C=O) groups excluding carboxylic acids is 1. The summed E-state index contributed by atoms with van der Waals surface area (Å²) in [5.41, 5.74) is -5.80. The summed E-state index contributed by atoms with van der Waals surface area (Å²) < 4.78 is 85.0. The van der Waals surface area contributed by atoms with Crippen LogP contribution in [0.2, 0.25) is 0 Å². The molecule has 2 nitrogen and oxygen atoms in total. The SMILES string of the molecule is O=C(Pc1ccc(Oc2ccccc2)cc1)c1c(C(F)(F)F)cccc1C(F)(F)F.[H-].[Li+]. The number of carbonyl (C=O) groups is 1. The molecule has 0 amide bonds. The molecule has 1 unspecified atom stereocenters. The Bertz CT molecular complexity index is 1010. The number of alkyl halides is 6. The number of para-hydroxylation sites is 1. The molecule has 3 aromatic rings. The van der Waals surface area contributed by atoms with Crippen LogP contribution in [0.4, 0.5) is 26.3 Å². The van der Waals surface area contributed by atoms with E-state index in [0.717, 1.165) is 0 Å². The van der Waals surface area contributed by atoms with Gasteiger partial charge in [0.25, 0.3) is 0 Å². The Kier molecular flexibility index (Phi) is 7.99. The van der Waals surface area contributed by atoms with E-state index in [1.54, 1.807) is 30.3 Å². The Morgan fingerprint density at radius 3 is 1.68 bits per heavy atom. The third kappa shape index (κ3) is 6.36. The van der Waals surface area contributed by atoms with Crippen LogP contribution in [0.15, 0.2) is 72.8 Å². The summed E-state index contributed by atoms with van der Waals surface area (Å²) in [6.45, 7) is 0. The number of hydrogen-bond acceptors (Lipinski definition) is 2. The fourth-order valence-electron chi connectivity index (χ4n) is 2.69. The zero-order chi connectivity index (χ0) is 21.9. The van der Waals surface area contributed by atoms with Crippen LogP contribution in [0.25, 0.3) is 0 Å². The summed E-state index contributed by atoms with van der Waals surface area (Å²) in [5, 5.41) is 0.283. The van der Waals surface area contributed by atoms with Gasteiger partial charge in [0.2, 0.25) is 0 Å². The fraction of sp³-hybridized carbons (Fsp3) is 0.0952. The second-order valence-electron chi connectivity index (χ2n) is 6.12. The molecule has 0 aromatic heterocycles. The van der Waals surface area contributed by atoms with E-state index in [0.29, 0.717) is 29.7 Å². The molecule has 0 saturated heterocycles. The van der Waals surface area contributed by atoms with Crippen LogP contribution in [0.5, 0.6) is 11.5 Å². The fourth-order valence-corrected chi connectivity index (χ4v) is 3.68. The van der Waals surface area contributed by atoms with E-state index in [-0.39, 0.29) is 25.6 Å². The first kappa shape index (κ1) is 25.0. The molecule has 3 aromatic carbocycles. The van der Waals surface area contributed by atoms with E-state index >= 15 is 0 Å². The van der Waals surface area contributed by atoms with Gasteiger partial charge in [-0.15, -0.1) is 0 Å². The molecule has 0 spiro atoms. The zero-order valence-corrected chi connectivity index (χ0v) is 17.0. The largest absolute Gasteiger partial charge is 1.00 e. The van der Waals surface area contributed by atoms with Crippen LogP contribution in [0.3, 0.4) is 0 Å². The van der Waals surface area contributed by atoms with Crippen LogP contribution in [-0.2, 0) is 12.4 Å². The van der Waals surface area contributed by atoms with Crippen molar-refractivity contribution in [2.75, 3.05) is 0 Å². The summed E-state index contributed by atoms with van der Waals surface area (Å²) in [4.78, 5) is 12.5. The van der Waals surface area contributed by atoms with Crippen molar-refractivity contribution in [3.63, 3.8) is 0 Å². The van der Waals surface area contributed by atoms with Crippen molar-refractivity contribution in [2.45, 2.75) is 12.4 Å². The van der Waals surface area contributed by atoms with Gasteiger partial charge in [0.15, 0.2) is 5.52 Å². The van der Waals surface area contributed by atoms with Gasteiger partial charge in [0.05, 0.1) is 11.1 Å². The zero-order valence-electron chi connectivity index (χ0n) is 17.0. The molecular weight excluding hydrogens is 436 g/mol. The van der Waals surface area contributed by atoms with Crippen LogP contribution >= 0.6 is 8.58 Å². The summed E-state index contributed by atoms with van der Waals surface area (Å²) in [6, 6.07) is 16.2. The molecule has 0 N–H and O–H groups in total. The molecular formula is C21H14F6LiO2P. The van der Waals surface area contributed by atoms with Crippen molar-refractivity contribution in [1.29, 1.82) is 0 Å². The summed E-state index contributed by atoms with van der Waals surface area (Å²) in [7, 11) is -0.924. The Labute approximate surface area is 189 Å². The Morgan fingerprint density at radius 2 is 1.19 bits per heavy atom. The Hall–Kier alpha value is -2.26. The standard InChI is InChI=1S/C21H13F6O2P.Li.H/c22-20(23,24)16-7-4-8-17(21(25,26)27)18(16)19(28)30-15-11-9-14(10-12-15)29-13-5-2-1-3-6-13;;/h1-12,30H;;/q;+1;-1. The number of rotatable bonds is 5. The molecule has 0 aliphatic heterocycles. The minimum atomic E-state index is -5.09. The third-order valence-electron chi connectivity index (χ3n) is 3.99. The van der Waals surface area contributed by atoms with Crippen LogP contribution in [-0.4, -0.2) is 5.52 Å². The summed E-state index contributed by atoms with van der Waals surface area (Å²) in [6.07, 6.45) is -10.2. The van der Waals surface area contributed by atoms with Gasteiger partial charge in [-0.05, 0) is 50.3 Å². The van der Waals surface area contributed by atoms with Crippen LogP contribution < -0.4 is 28.9 Å². The van der Waals surface area contributed by atoms with Crippen molar-refractivity contribution in [3.8, 4) is 11.5 Å². The van der Waals surface area contributed by atoms with E-state index in [1.165, 1.54) is 24.3 Å². The van der Waals surface area contributed by atoms with Gasteiger partial charge in [-0.3, -0.25) is 4.79 Å². The van der Waals surface area contributed by atoms with Crippen LogP contribution in [0.1, 0.15) is 22.9 Å². The number of hydrogen-bond donors (Lipinski definition) is 0. The van der Waals surface area contributed by atoms with E-state index < -0.39 is 43.1 Å². The quantitative estimate of drug-likeness (QED) is 0.336. The molecule has 1 atom stereocenters. The molecule has 158 valence electrons. The normalized spacial score (nSPS) is 11.9. The maximum absolute atomic E-state index is 13.2. The van der Waals surface area contributed by atoms with Crippen molar-refractivity contribution in [3.05, 3.63) is 89.5 Å². The maximum Gasteiger partial charge on any atom is 1.00 e. The monoisotopic (exact) mass is 450 g/mol. The Balaban J connectivity index is 0.00000256. The molecule has 0 heterocycles. The third-order valence-corrected chi connectivity index (χ3v) is 5.09.